The molecule has 1 aromatic carbocycles. The van der Waals surface area contributed by atoms with E-state index in [0.717, 1.165) is 42.3 Å². The Kier molecular flexibility index (Phi) is 3.75. The predicted octanol–water partition coefficient (Wildman–Crippen LogP) is 3.87. The van der Waals surface area contributed by atoms with Crippen LogP contribution in [0.5, 0.6) is 0 Å². The number of para-hydroxylation sites is 1. The molecule has 0 aliphatic heterocycles. The van der Waals surface area contributed by atoms with Crippen molar-refractivity contribution in [2.24, 2.45) is 0 Å². The third-order valence-corrected chi connectivity index (χ3v) is 5.52. The number of aromatic nitrogens is 2. The summed E-state index contributed by atoms with van der Waals surface area (Å²) in [6, 6.07) is 7.81. The van der Waals surface area contributed by atoms with Crippen molar-refractivity contribution in [3.63, 3.8) is 0 Å². The van der Waals surface area contributed by atoms with Crippen molar-refractivity contribution in [3.05, 3.63) is 52.1 Å². The van der Waals surface area contributed by atoms with Gasteiger partial charge in [-0.3, -0.25) is 4.79 Å². The van der Waals surface area contributed by atoms with Crippen LogP contribution in [-0.4, -0.2) is 27.0 Å². The number of rotatable bonds is 3. The summed E-state index contributed by atoms with van der Waals surface area (Å²) in [5.41, 5.74) is 2.65. The van der Waals surface area contributed by atoms with Crippen LogP contribution in [-0.2, 0) is 0 Å². The van der Waals surface area contributed by atoms with Crippen molar-refractivity contribution in [3.8, 4) is 0 Å². The van der Waals surface area contributed by atoms with Crippen LogP contribution in [0.1, 0.15) is 52.7 Å². The number of aliphatic hydroxyl groups is 1. The van der Waals surface area contributed by atoms with Gasteiger partial charge in [0.1, 0.15) is 0 Å². The van der Waals surface area contributed by atoms with Gasteiger partial charge in [0.25, 0.3) is 0 Å². The van der Waals surface area contributed by atoms with Crippen molar-refractivity contribution < 1.29 is 9.90 Å². The maximum Gasteiger partial charge on any atom is 0.223 e. The molecule has 0 bridgehead atoms. The number of nitrogens with zero attached hydrogens (tertiary/aromatic N) is 1. The standard InChI is InChI=1S/C18H18N2O2S/c21-12-7-5-11(6-8-12)16-10-23-18(20-16)17(22)14-9-19-15-4-2-1-3-13(14)15/h1-4,9-12,19,21H,5-8H2/t11-,12+. The Hall–Kier alpha value is -1.98. The first-order valence-corrected chi connectivity index (χ1v) is 8.84. The number of carbonyl (C=O) groups excluding carboxylic acids is 1. The molecule has 23 heavy (non-hydrogen) atoms. The summed E-state index contributed by atoms with van der Waals surface area (Å²) >= 11 is 1.42. The zero-order valence-electron chi connectivity index (χ0n) is 12.7. The van der Waals surface area contributed by atoms with Crippen LogP contribution in [0.4, 0.5) is 0 Å². The van der Waals surface area contributed by atoms with E-state index >= 15 is 0 Å². The van der Waals surface area contributed by atoms with Gasteiger partial charge in [-0.25, -0.2) is 4.98 Å². The Bertz CT molecular complexity index is 843. The number of hydrogen-bond acceptors (Lipinski definition) is 4. The molecule has 1 fully saturated rings. The summed E-state index contributed by atoms with van der Waals surface area (Å²) in [4.78, 5) is 20.5. The molecule has 1 aliphatic rings. The molecule has 3 aromatic rings. The van der Waals surface area contributed by atoms with Crippen molar-refractivity contribution in [1.29, 1.82) is 0 Å². The normalized spacial score (nSPS) is 21.6. The van der Waals surface area contributed by atoms with Gasteiger partial charge in [0.15, 0.2) is 5.01 Å². The van der Waals surface area contributed by atoms with Crippen LogP contribution in [0.25, 0.3) is 10.9 Å². The highest BCUT2D eigenvalue weighted by Crippen LogP contribution is 2.34. The number of nitrogens with one attached hydrogen (secondary N) is 1. The smallest absolute Gasteiger partial charge is 0.223 e. The zero-order chi connectivity index (χ0) is 15.8. The third kappa shape index (κ3) is 2.71. The molecule has 2 aromatic heterocycles. The lowest BCUT2D eigenvalue weighted by Crippen LogP contribution is -2.17. The summed E-state index contributed by atoms with van der Waals surface area (Å²) in [7, 11) is 0. The SMILES string of the molecule is O=C(c1nc([C@H]2CC[C@@H](O)CC2)cs1)c1c[nH]c2ccccc12. The molecule has 1 aliphatic carbocycles. The number of aliphatic hydroxyl groups excluding tert-OH is 1. The Morgan fingerprint density at radius 2 is 2.00 bits per heavy atom. The second-order valence-corrected chi connectivity index (χ2v) is 7.02. The number of hydrogen-bond donors (Lipinski definition) is 2. The van der Waals surface area contributed by atoms with Crippen LogP contribution in [0, 0.1) is 0 Å². The zero-order valence-corrected chi connectivity index (χ0v) is 13.5. The van der Waals surface area contributed by atoms with E-state index in [4.69, 9.17) is 0 Å². The van der Waals surface area contributed by atoms with E-state index in [1.165, 1.54) is 11.3 Å². The quantitative estimate of drug-likeness (QED) is 0.718. The predicted molar refractivity (Wildman–Crippen MR) is 91.1 cm³/mol. The van der Waals surface area contributed by atoms with Gasteiger partial charge in [-0.05, 0) is 31.7 Å². The molecular formula is C18H18N2O2S. The lowest BCUT2D eigenvalue weighted by Gasteiger charge is -2.23. The van der Waals surface area contributed by atoms with Gasteiger partial charge in [-0.1, -0.05) is 18.2 Å². The first-order valence-electron chi connectivity index (χ1n) is 7.96. The highest BCUT2D eigenvalue weighted by Gasteiger charge is 2.24. The number of carbonyl (C=O) groups is 1. The second kappa shape index (κ2) is 5.91. The van der Waals surface area contributed by atoms with Crippen LogP contribution < -0.4 is 0 Å². The van der Waals surface area contributed by atoms with E-state index in [0.29, 0.717) is 16.5 Å². The van der Waals surface area contributed by atoms with Crippen molar-refractivity contribution >= 4 is 28.0 Å². The fourth-order valence-corrected chi connectivity index (χ4v) is 4.18. The molecule has 118 valence electrons. The van der Waals surface area contributed by atoms with Crippen LogP contribution >= 0.6 is 11.3 Å². The molecule has 1 saturated carbocycles. The van der Waals surface area contributed by atoms with Crippen LogP contribution in [0.2, 0.25) is 0 Å². The lowest BCUT2D eigenvalue weighted by molar-refractivity contribution is 0.103. The fraction of sp³-hybridized carbons (Fsp3) is 0.333. The van der Waals surface area contributed by atoms with Gasteiger partial charge < -0.3 is 10.1 Å². The van der Waals surface area contributed by atoms with Gasteiger partial charge >= 0.3 is 0 Å². The van der Waals surface area contributed by atoms with Crippen LogP contribution in [0.15, 0.2) is 35.8 Å². The van der Waals surface area contributed by atoms with Gasteiger partial charge in [-0.15, -0.1) is 11.3 Å². The summed E-state index contributed by atoms with van der Waals surface area (Å²) in [6.45, 7) is 0. The Balaban J connectivity index is 1.60. The Morgan fingerprint density at radius 1 is 1.22 bits per heavy atom. The molecule has 0 amide bonds. The monoisotopic (exact) mass is 326 g/mol. The van der Waals surface area contributed by atoms with E-state index < -0.39 is 0 Å². The van der Waals surface area contributed by atoms with E-state index in [1.54, 1.807) is 6.20 Å². The number of H-pyrrole nitrogens is 1. The summed E-state index contributed by atoms with van der Waals surface area (Å²) < 4.78 is 0. The van der Waals surface area contributed by atoms with E-state index in [-0.39, 0.29) is 11.9 Å². The maximum absolute atomic E-state index is 12.8. The third-order valence-electron chi connectivity index (χ3n) is 4.67. The molecule has 0 unspecified atom stereocenters. The van der Waals surface area contributed by atoms with E-state index in [2.05, 4.69) is 9.97 Å². The second-order valence-electron chi connectivity index (χ2n) is 6.16. The van der Waals surface area contributed by atoms with Crippen molar-refractivity contribution in [1.82, 2.24) is 9.97 Å². The largest absolute Gasteiger partial charge is 0.393 e. The van der Waals surface area contributed by atoms with Crippen molar-refractivity contribution in [2.75, 3.05) is 0 Å². The summed E-state index contributed by atoms with van der Waals surface area (Å²) in [6.07, 6.45) is 5.15. The summed E-state index contributed by atoms with van der Waals surface area (Å²) in [5.74, 6) is 0.355. The minimum Gasteiger partial charge on any atom is -0.393 e. The molecule has 4 nitrogen and oxygen atoms in total. The van der Waals surface area contributed by atoms with Crippen molar-refractivity contribution in [2.45, 2.75) is 37.7 Å². The first-order chi connectivity index (χ1) is 11.2. The molecule has 0 spiro atoms. The van der Waals surface area contributed by atoms with Crippen LogP contribution in [0.3, 0.4) is 0 Å². The minimum atomic E-state index is -0.169. The number of benzene rings is 1. The topological polar surface area (TPSA) is 66.0 Å². The Morgan fingerprint density at radius 3 is 2.83 bits per heavy atom. The van der Waals surface area contributed by atoms with Gasteiger partial charge in [0.2, 0.25) is 5.78 Å². The minimum absolute atomic E-state index is 0.0189. The maximum atomic E-state index is 12.8. The number of thiazole rings is 1. The van der Waals surface area contributed by atoms with Gasteiger partial charge in [-0.2, -0.15) is 0 Å². The van der Waals surface area contributed by atoms with E-state index in [9.17, 15) is 9.90 Å². The number of fused-ring (bicyclic) bond motifs is 1. The lowest BCUT2D eigenvalue weighted by atomic mass is 9.86. The van der Waals surface area contributed by atoms with Gasteiger partial charge in [0, 0.05) is 28.4 Å². The highest BCUT2D eigenvalue weighted by atomic mass is 32.1. The average molecular weight is 326 g/mol. The molecular weight excluding hydrogens is 308 g/mol. The molecule has 2 N–H and O–H groups in total. The molecule has 0 saturated heterocycles. The average Bonchev–Trinajstić information content (AvgIpc) is 3.22. The molecule has 0 radical (unpaired) electrons. The van der Waals surface area contributed by atoms with E-state index in [1.807, 2.05) is 29.6 Å². The fourth-order valence-electron chi connectivity index (χ4n) is 3.32. The number of ketones is 1. The van der Waals surface area contributed by atoms with Gasteiger partial charge in [0.05, 0.1) is 17.4 Å². The number of aromatic amines is 1. The molecule has 2 heterocycles. The summed E-state index contributed by atoms with van der Waals surface area (Å²) in [5, 5.41) is 13.1. The molecule has 0 atom stereocenters. The highest BCUT2D eigenvalue weighted by molar-refractivity contribution is 7.12. The Labute approximate surface area is 138 Å². The first kappa shape index (κ1) is 14.6. The molecule has 4 rings (SSSR count). The molecule has 5 heteroatoms.